The fraction of sp³-hybridized carbons (Fsp3) is 0.708. The van der Waals surface area contributed by atoms with Crippen molar-refractivity contribution in [3.63, 3.8) is 0 Å². The molecule has 0 unspecified atom stereocenters. The monoisotopic (exact) mass is 408 g/mol. The van der Waals surface area contributed by atoms with Gasteiger partial charge in [0.05, 0.1) is 19.3 Å². The molecule has 0 aromatic rings. The van der Waals surface area contributed by atoms with E-state index in [9.17, 15) is 9.90 Å². The Balaban J connectivity index is 2.38. The smallest absolute Gasteiger partial charge is 0.305 e. The van der Waals surface area contributed by atoms with E-state index in [1.165, 1.54) is 26.4 Å². The van der Waals surface area contributed by atoms with Crippen LogP contribution in [0.2, 0.25) is 0 Å². The number of hydrogen-bond acceptors (Lipinski definition) is 5. The van der Waals surface area contributed by atoms with E-state index in [4.69, 9.17) is 9.47 Å². The summed E-state index contributed by atoms with van der Waals surface area (Å²) in [5, 5.41) is 10.2. The molecule has 0 amide bonds. The molecule has 1 fully saturated rings. The lowest BCUT2D eigenvalue weighted by Gasteiger charge is -2.16. The highest BCUT2D eigenvalue weighted by Gasteiger charge is 2.39. The second kappa shape index (κ2) is 14.5. The van der Waals surface area contributed by atoms with Crippen LogP contribution in [-0.4, -0.2) is 42.3 Å². The third-order valence-electron chi connectivity index (χ3n) is 4.78. The Labute approximate surface area is 176 Å². The predicted molar refractivity (Wildman–Crippen MR) is 116 cm³/mol. The summed E-state index contributed by atoms with van der Waals surface area (Å²) in [6.45, 7) is 6.06. The summed E-state index contributed by atoms with van der Waals surface area (Å²) < 4.78 is 16.6. The quantitative estimate of drug-likeness (QED) is 0.242. The number of rotatable bonds is 14. The Morgan fingerprint density at radius 1 is 1.10 bits per heavy atom. The molecular formula is C24H40O5. The first-order chi connectivity index (χ1) is 13.9. The zero-order valence-electron chi connectivity index (χ0n) is 18.6. The Hall–Kier alpha value is -1.43. The normalized spacial score (nSPS) is 22.8. The predicted octanol–water partition coefficient (Wildman–Crippen LogP) is 5.24. The van der Waals surface area contributed by atoms with Crippen LogP contribution in [0.4, 0.5) is 0 Å². The van der Waals surface area contributed by atoms with Gasteiger partial charge >= 0.3 is 5.97 Å². The third-order valence-corrected chi connectivity index (χ3v) is 4.78. The Morgan fingerprint density at radius 2 is 1.83 bits per heavy atom. The molecule has 0 bridgehead atoms. The second-order valence-corrected chi connectivity index (χ2v) is 7.97. The molecule has 3 atom stereocenters. The van der Waals surface area contributed by atoms with Crippen LogP contribution in [0.5, 0.6) is 0 Å². The van der Waals surface area contributed by atoms with Gasteiger partial charge in [0, 0.05) is 6.42 Å². The van der Waals surface area contributed by atoms with E-state index in [2.05, 4.69) is 23.8 Å². The minimum absolute atomic E-state index is 0.0373. The molecule has 1 N–H and O–H groups in total. The first kappa shape index (κ1) is 25.6. The molecule has 166 valence electrons. The van der Waals surface area contributed by atoms with Crippen LogP contribution in [0.3, 0.4) is 0 Å². The molecule has 0 aromatic heterocycles. The van der Waals surface area contributed by atoms with Crippen LogP contribution in [0, 0.1) is 0 Å². The van der Waals surface area contributed by atoms with Gasteiger partial charge in [-0.3, -0.25) is 4.79 Å². The number of carbonyl (C=O) groups is 1. The number of hydrogen-bond donors (Lipinski definition) is 1. The van der Waals surface area contributed by atoms with Crippen LogP contribution in [0.25, 0.3) is 0 Å². The summed E-state index contributed by atoms with van der Waals surface area (Å²) in [5.74, 6) is -0.798. The van der Waals surface area contributed by atoms with E-state index in [0.29, 0.717) is 12.8 Å². The Bertz CT molecular complexity index is 535. The van der Waals surface area contributed by atoms with Gasteiger partial charge in [-0.2, -0.15) is 0 Å². The molecule has 5 heteroatoms. The number of methoxy groups -OCH3 is 1. The van der Waals surface area contributed by atoms with Crippen molar-refractivity contribution in [3.05, 3.63) is 36.5 Å². The molecule has 1 heterocycles. The summed E-state index contributed by atoms with van der Waals surface area (Å²) in [6, 6.07) is 0. The summed E-state index contributed by atoms with van der Waals surface area (Å²) in [4.78, 5) is 11.0. The van der Waals surface area contributed by atoms with Crippen LogP contribution in [0.15, 0.2) is 36.5 Å². The van der Waals surface area contributed by atoms with Crippen molar-refractivity contribution >= 4 is 5.97 Å². The van der Waals surface area contributed by atoms with E-state index in [1.54, 1.807) is 6.08 Å². The van der Waals surface area contributed by atoms with Crippen molar-refractivity contribution < 1.29 is 24.1 Å². The van der Waals surface area contributed by atoms with Crippen LogP contribution in [-0.2, 0) is 19.0 Å². The summed E-state index contributed by atoms with van der Waals surface area (Å²) in [6.07, 6.45) is 19.4. The van der Waals surface area contributed by atoms with Crippen molar-refractivity contribution in [1.82, 2.24) is 0 Å². The minimum Gasteiger partial charge on any atom is -0.469 e. The number of carbonyl (C=O) groups excluding carboxylic acids is 1. The molecule has 1 aliphatic rings. The van der Waals surface area contributed by atoms with Gasteiger partial charge in [0.2, 0.25) is 0 Å². The van der Waals surface area contributed by atoms with Gasteiger partial charge in [0.15, 0.2) is 5.79 Å². The fourth-order valence-corrected chi connectivity index (χ4v) is 3.20. The Morgan fingerprint density at radius 3 is 2.55 bits per heavy atom. The van der Waals surface area contributed by atoms with Crippen LogP contribution < -0.4 is 0 Å². The molecule has 0 radical (unpaired) electrons. The topological polar surface area (TPSA) is 65.0 Å². The SMILES string of the molecule is CCCCCC=CC[C@@H]1OC(C)(C)O[C@@H]1C=C[C@H](O)CC=CCCCC(=O)OC. The van der Waals surface area contributed by atoms with Gasteiger partial charge in [-0.05, 0) is 52.4 Å². The van der Waals surface area contributed by atoms with Crippen LogP contribution >= 0.6 is 0 Å². The maximum Gasteiger partial charge on any atom is 0.305 e. The fourth-order valence-electron chi connectivity index (χ4n) is 3.20. The van der Waals surface area contributed by atoms with E-state index in [1.807, 2.05) is 32.1 Å². The summed E-state index contributed by atoms with van der Waals surface area (Å²) >= 11 is 0. The number of aliphatic hydroxyl groups is 1. The van der Waals surface area contributed by atoms with E-state index < -0.39 is 11.9 Å². The van der Waals surface area contributed by atoms with Crippen molar-refractivity contribution in [2.75, 3.05) is 7.11 Å². The number of ether oxygens (including phenoxy) is 3. The molecule has 1 aliphatic heterocycles. The standard InChI is InChI=1S/C24H40O5/c1-5-6-7-8-9-13-16-21-22(29-24(2,3)28-21)19-18-20(25)15-12-10-11-14-17-23(26)27-4/h9-10,12-13,18-22,25H,5-8,11,14-17H2,1-4H3/t20-,21+,22-/m1/s1. The Kier molecular flexibility index (Phi) is 12.8. The van der Waals surface area contributed by atoms with E-state index in [0.717, 1.165) is 25.7 Å². The van der Waals surface area contributed by atoms with Crippen molar-refractivity contribution in [2.24, 2.45) is 0 Å². The van der Waals surface area contributed by atoms with Crippen molar-refractivity contribution in [2.45, 2.75) is 103 Å². The molecule has 1 rings (SSSR count). The number of aliphatic hydroxyl groups excluding tert-OH is 1. The molecule has 5 nitrogen and oxygen atoms in total. The van der Waals surface area contributed by atoms with Gasteiger partial charge in [-0.25, -0.2) is 0 Å². The lowest BCUT2D eigenvalue weighted by Crippen LogP contribution is -2.21. The van der Waals surface area contributed by atoms with Gasteiger partial charge < -0.3 is 19.3 Å². The van der Waals surface area contributed by atoms with Gasteiger partial charge in [0.1, 0.15) is 6.10 Å². The van der Waals surface area contributed by atoms with E-state index >= 15 is 0 Å². The largest absolute Gasteiger partial charge is 0.469 e. The lowest BCUT2D eigenvalue weighted by molar-refractivity contribution is -0.142. The summed E-state index contributed by atoms with van der Waals surface area (Å²) in [7, 11) is 1.40. The van der Waals surface area contributed by atoms with Gasteiger partial charge in [0.25, 0.3) is 0 Å². The highest BCUT2D eigenvalue weighted by Crippen LogP contribution is 2.31. The average molecular weight is 409 g/mol. The molecule has 1 saturated heterocycles. The van der Waals surface area contributed by atoms with Crippen molar-refractivity contribution in [3.8, 4) is 0 Å². The highest BCUT2D eigenvalue weighted by molar-refractivity contribution is 5.69. The third kappa shape index (κ3) is 12.0. The number of esters is 1. The minimum atomic E-state index is -0.611. The zero-order valence-corrected chi connectivity index (χ0v) is 18.6. The number of unbranched alkanes of at least 4 members (excludes halogenated alkanes) is 4. The average Bonchev–Trinajstić information content (AvgIpc) is 2.98. The molecule has 0 spiro atoms. The zero-order chi connectivity index (χ0) is 21.5. The van der Waals surface area contributed by atoms with Gasteiger partial charge in [-0.1, -0.05) is 56.2 Å². The van der Waals surface area contributed by atoms with Gasteiger partial charge in [-0.15, -0.1) is 0 Å². The lowest BCUT2D eigenvalue weighted by atomic mass is 10.1. The second-order valence-electron chi connectivity index (χ2n) is 7.97. The first-order valence-electron chi connectivity index (χ1n) is 11.0. The first-order valence-corrected chi connectivity index (χ1v) is 11.0. The maximum atomic E-state index is 11.0. The molecule has 0 aromatic carbocycles. The van der Waals surface area contributed by atoms with Crippen LogP contribution in [0.1, 0.15) is 78.6 Å². The maximum absolute atomic E-state index is 11.0. The van der Waals surface area contributed by atoms with Crippen molar-refractivity contribution in [1.29, 1.82) is 0 Å². The van der Waals surface area contributed by atoms with E-state index in [-0.39, 0.29) is 18.2 Å². The molecular weight excluding hydrogens is 368 g/mol. The molecule has 29 heavy (non-hydrogen) atoms. The molecule has 0 saturated carbocycles. The highest BCUT2D eigenvalue weighted by atomic mass is 16.7. The summed E-state index contributed by atoms with van der Waals surface area (Å²) in [5.41, 5.74) is 0. The molecule has 0 aliphatic carbocycles. The number of allylic oxidation sites excluding steroid dienone is 2.